The molecule has 0 aliphatic carbocycles. The molecule has 0 aliphatic heterocycles. The fourth-order valence-electron chi connectivity index (χ4n) is 1.41. The van der Waals surface area contributed by atoms with Gasteiger partial charge in [0.25, 0.3) is 0 Å². The van der Waals surface area contributed by atoms with Crippen LogP contribution in [0.2, 0.25) is 0 Å². The van der Waals surface area contributed by atoms with Crippen molar-refractivity contribution in [2.75, 3.05) is 6.66 Å². The van der Waals surface area contributed by atoms with Crippen molar-refractivity contribution in [1.82, 2.24) is 0 Å². The van der Waals surface area contributed by atoms with Crippen LogP contribution < -0.4 is 0 Å². The molecule has 0 rings (SSSR count). The van der Waals surface area contributed by atoms with Gasteiger partial charge in [-0.2, -0.15) is 0 Å². The van der Waals surface area contributed by atoms with Crippen molar-refractivity contribution < 1.29 is 0 Å². The van der Waals surface area contributed by atoms with Crippen molar-refractivity contribution in [2.45, 2.75) is 52.6 Å². The standard InChI is InChI=1S/C10H23P/c1-7-9(2,3)8-10(4,5)11-6/h11H,7-8H2,1-6H3. The monoisotopic (exact) mass is 174 g/mol. The summed E-state index contributed by atoms with van der Waals surface area (Å²) in [6.45, 7) is 14.1. The predicted molar refractivity (Wildman–Crippen MR) is 57.0 cm³/mol. The Morgan fingerprint density at radius 1 is 1.09 bits per heavy atom. The molecule has 0 nitrogen and oxygen atoms in total. The third-order valence-corrected chi connectivity index (χ3v) is 4.08. The van der Waals surface area contributed by atoms with Crippen LogP contribution >= 0.6 is 8.58 Å². The van der Waals surface area contributed by atoms with Gasteiger partial charge < -0.3 is 0 Å². The third-order valence-electron chi connectivity index (χ3n) is 2.55. The van der Waals surface area contributed by atoms with Gasteiger partial charge in [-0.3, -0.25) is 0 Å². The summed E-state index contributed by atoms with van der Waals surface area (Å²) in [7, 11) is 1.06. The molecule has 0 bridgehead atoms. The summed E-state index contributed by atoms with van der Waals surface area (Å²) in [6, 6.07) is 0. The average Bonchev–Trinajstić information content (AvgIpc) is 1.86. The first-order valence-corrected chi connectivity index (χ1v) is 6.02. The maximum absolute atomic E-state index is 2.38. The van der Waals surface area contributed by atoms with Gasteiger partial charge in [0.05, 0.1) is 0 Å². The van der Waals surface area contributed by atoms with Crippen molar-refractivity contribution in [1.29, 1.82) is 0 Å². The lowest BCUT2D eigenvalue weighted by Gasteiger charge is -2.33. The molecule has 1 heteroatoms. The van der Waals surface area contributed by atoms with Crippen LogP contribution in [0.4, 0.5) is 0 Å². The highest BCUT2D eigenvalue weighted by Crippen LogP contribution is 2.40. The van der Waals surface area contributed by atoms with Crippen molar-refractivity contribution in [3.05, 3.63) is 0 Å². The molecular weight excluding hydrogens is 151 g/mol. The van der Waals surface area contributed by atoms with E-state index in [1.807, 2.05) is 0 Å². The molecule has 0 aliphatic rings. The fourth-order valence-corrected chi connectivity index (χ4v) is 2.07. The molecule has 0 radical (unpaired) electrons. The highest BCUT2D eigenvalue weighted by molar-refractivity contribution is 7.38. The molecule has 11 heavy (non-hydrogen) atoms. The Labute approximate surface area is 73.9 Å². The highest BCUT2D eigenvalue weighted by Gasteiger charge is 2.25. The van der Waals surface area contributed by atoms with Gasteiger partial charge in [-0.05, 0) is 23.7 Å². The Hall–Kier alpha value is 0.430. The first kappa shape index (κ1) is 11.4. The summed E-state index contributed by atoms with van der Waals surface area (Å²) < 4.78 is 0. The highest BCUT2D eigenvalue weighted by atomic mass is 31.1. The number of rotatable bonds is 4. The molecule has 0 fully saturated rings. The Morgan fingerprint density at radius 3 is 1.82 bits per heavy atom. The minimum atomic E-state index is 0.534. The maximum Gasteiger partial charge on any atom is -0.0176 e. The van der Waals surface area contributed by atoms with Crippen LogP contribution in [-0.4, -0.2) is 11.8 Å². The molecule has 68 valence electrons. The second-order valence-corrected chi connectivity index (χ2v) is 6.68. The first-order chi connectivity index (χ1) is 4.83. The van der Waals surface area contributed by atoms with Crippen molar-refractivity contribution >= 4 is 8.58 Å². The molecule has 0 saturated heterocycles. The summed E-state index contributed by atoms with van der Waals surface area (Å²) >= 11 is 0. The van der Waals surface area contributed by atoms with Gasteiger partial charge in [0, 0.05) is 0 Å². The molecule has 0 aromatic heterocycles. The molecule has 0 spiro atoms. The van der Waals surface area contributed by atoms with Crippen LogP contribution in [0, 0.1) is 5.41 Å². The van der Waals surface area contributed by atoms with Crippen LogP contribution in [-0.2, 0) is 0 Å². The van der Waals surface area contributed by atoms with Crippen LogP contribution in [0.15, 0.2) is 0 Å². The quantitative estimate of drug-likeness (QED) is 0.567. The van der Waals surface area contributed by atoms with Crippen molar-refractivity contribution in [3.63, 3.8) is 0 Å². The Balaban J connectivity index is 4.02. The molecule has 1 unspecified atom stereocenters. The van der Waals surface area contributed by atoms with E-state index in [-0.39, 0.29) is 0 Å². The summed E-state index contributed by atoms with van der Waals surface area (Å²) in [5, 5.41) is 0.555. The normalized spacial score (nSPS) is 14.7. The van der Waals surface area contributed by atoms with E-state index < -0.39 is 0 Å². The van der Waals surface area contributed by atoms with E-state index in [2.05, 4.69) is 41.3 Å². The smallest absolute Gasteiger partial charge is 0.0176 e. The minimum absolute atomic E-state index is 0.534. The van der Waals surface area contributed by atoms with Gasteiger partial charge in [-0.15, -0.1) is 8.58 Å². The van der Waals surface area contributed by atoms with Gasteiger partial charge in [-0.25, -0.2) is 0 Å². The zero-order chi connectivity index (χ0) is 9.12. The lowest BCUT2D eigenvalue weighted by atomic mass is 9.81. The summed E-state index contributed by atoms with van der Waals surface area (Å²) in [5.41, 5.74) is 0.534. The van der Waals surface area contributed by atoms with Crippen molar-refractivity contribution in [3.8, 4) is 0 Å². The summed E-state index contributed by atoms with van der Waals surface area (Å²) in [4.78, 5) is 0. The van der Waals surface area contributed by atoms with Crippen molar-refractivity contribution in [2.24, 2.45) is 5.41 Å². The second-order valence-electron chi connectivity index (χ2n) is 4.83. The van der Waals surface area contributed by atoms with Crippen LogP contribution in [0.1, 0.15) is 47.5 Å². The van der Waals surface area contributed by atoms with E-state index in [9.17, 15) is 0 Å². The second kappa shape index (κ2) is 3.90. The number of hydrogen-bond acceptors (Lipinski definition) is 0. The van der Waals surface area contributed by atoms with Gasteiger partial charge in [0.2, 0.25) is 0 Å². The van der Waals surface area contributed by atoms with E-state index in [4.69, 9.17) is 0 Å². The van der Waals surface area contributed by atoms with Crippen LogP contribution in [0.5, 0.6) is 0 Å². The summed E-state index contributed by atoms with van der Waals surface area (Å²) in [6.07, 6.45) is 2.65. The predicted octanol–water partition coefficient (Wildman–Crippen LogP) is 3.90. The molecule has 0 N–H and O–H groups in total. The molecular formula is C10H23P. The zero-order valence-electron chi connectivity index (χ0n) is 8.91. The van der Waals surface area contributed by atoms with Crippen LogP contribution in [0.3, 0.4) is 0 Å². The SMILES string of the molecule is CCC(C)(C)CC(C)(C)PC. The Kier molecular flexibility index (Phi) is 4.05. The van der Waals surface area contributed by atoms with Gasteiger partial charge >= 0.3 is 0 Å². The summed E-state index contributed by atoms with van der Waals surface area (Å²) in [5.74, 6) is 0. The lowest BCUT2D eigenvalue weighted by molar-refractivity contribution is 0.291. The number of hydrogen-bond donors (Lipinski definition) is 0. The largest absolute Gasteiger partial charge is 0.119 e. The van der Waals surface area contributed by atoms with Gasteiger partial charge in [-0.1, -0.05) is 41.0 Å². The van der Waals surface area contributed by atoms with Crippen LogP contribution in [0.25, 0.3) is 0 Å². The topological polar surface area (TPSA) is 0 Å². The van der Waals surface area contributed by atoms with E-state index in [1.54, 1.807) is 0 Å². The Morgan fingerprint density at radius 2 is 1.55 bits per heavy atom. The fraction of sp³-hybridized carbons (Fsp3) is 1.00. The molecule has 0 amide bonds. The van der Waals surface area contributed by atoms with E-state index >= 15 is 0 Å². The minimum Gasteiger partial charge on any atom is -0.119 e. The van der Waals surface area contributed by atoms with Gasteiger partial charge in [0.15, 0.2) is 0 Å². The van der Waals surface area contributed by atoms with Gasteiger partial charge in [0.1, 0.15) is 0 Å². The molecule has 1 atom stereocenters. The van der Waals surface area contributed by atoms with E-state index in [0.717, 1.165) is 8.58 Å². The molecule has 0 saturated carbocycles. The van der Waals surface area contributed by atoms with E-state index in [0.29, 0.717) is 10.6 Å². The lowest BCUT2D eigenvalue weighted by Crippen LogP contribution is -2.23. The zero-order valence-corrected chi connectivity index (χ0v) is 9.91. The molecule has 0 aromatic carbocycles. The third kappa shape index (κ3) is 4.80. The first-order valence-electron chi connectivity index (χ1n) is 4.52. The molecule has 0 heterocycles. The van der Waals surface area contributed by atoms with E-state index in [1.165, 1.54) is 12.8 Å². The molecule has 0 aromatic rings. The Bertz CT molecular complexity index is 100. The average molecular weight is 174 g/mol. The maximum atomic E-state index is 2.38.